The van der Waals surface area contributed by atoms with Gasteiger partial charge in [0.1, 0.15) is 16.8 Å². The highest BCUT2D eigenvalue weighted by molar-refractivity contribution is 7.89. The molecule has 7 heteroatoms. The summed E-state index contributed by atoms with van der Waals surface area (Å²) in [5, 5.41) is 0. The molecule has 136 valence electrons. The monoisotopic (exact) mass is 366 g/mol. The predicted octanol–water partition coefficient (Wildman–Crippen LogP) is 1.06. The van der Waals surface area contributed by atoms with E-state index in [0.717, 1.165) is 22.2 Å². The number of hydrogen-bond donors (Lipinski definition) is 2. The number of rotatable bonds is 7. The van der Waals surface area contributed by atoms with Gasteiger partial charge in [-0.1, -0.05) is 24.3 Å². The van der Waals surface area contributed by atoms with Gasteiger partial charge in [-0.05, 0) is 24.3 Å². The number of anilines is 1. The predicted molar refractivity (Wildman–Crippen MR) is 97.9 cm³/mol. The summed E-state index contributed by atoms with van der Waals surface area (Å²) in [6.45, 7) is 0.181. The van der Waals surface area contributed by atoms with Gasteiger partial charge in [-0.15, -0.1) is 0 Å². The van der Waals surface area contributed by atoms with Gasteiger partial charge in [0.15, 0.2) is 0 Å². The molecule has 0 aliphatic rings. The molecule has 0 aromatic heterocycles. The van der Waals surface area contributed by atoms with Crippen molar-refractivity contribution in [3.63, 3.8) is 0 Å². The first-order chi connectivity index (χ1) is 11.7. The largest absolute Gasteiger partial charge is 0.378 e. The van der Waals surface area contributed by atoms with Gasteiger partial charge in [0.25, 0.3) is 0 Å². The van der Waals surface area contributed by atoms with Crippen LogP contribution in [0.1, 0.15) is 11.6 Å². The normalized spacial score (nSPS) is 13.0. The van der Waals surface area contributed by atoms with E-state index in [1.807, 2.05) is 57.4 Å². The Bertz CT molecular complexity index is 805. The molecular weight excluding hydrogens is 341 g/mol. The van der Waals surface area contributed by atoms with Crippen LogP contribution in [-0.2, 0) is 10.0 Å². The molecule has 2 aromatic rings. The lowest BCUT2D eigenvalue weighted by molar-refractivity contribution is -0.890. The van der Waals surface area contributed by atoms with Gasteiger partial charge < -0.3 is 9.80 Å². The van der Waals surface area contributed by atoms with E-state index in [0.29, 0.717) is 0 Å². The number of halogens is 1. The Balaban J connectivity index is 2.18. The zero-order valence-electron chi connectivity index (χ0n) is 15.0. The third-order valence-corrected chi connectivity index (χ3v) is 5.57. The molecule has 0 fully saturated rings. The Labute approximate surface area is 149 Å². The first-order valence-electron chi connectivity index (χ1n) is 8.04. The second kappa shape index (κ2) is 7.95. The minimum Gasteiger partial charge on any atom is -0.378 e. The molecule has 0 saturated carbocycles. The maximum Gasteiger partial charge on any atom is 0.243 e. The maximum absolute atomic E-state index is 13.8. The van der Waals surface area contributed by atoms with Crippen molar-refractivity contribution in [3.05, 3.63) is 59.9 Å². The second-order valence-corrected chi connectivity index (χ2v) is 8.13. The van der Waals surface area contributed by atoms with Gasteiger partial charge in [0.05, 0.1) is 20.6 Å². The Morgan fingerprint density at radius 2 is 1.68 bits per heavy atom. The average molecular weight is 366 g/mol. The van der Waals surface area contributed by atoms with Gasteiger partial charge >= 0.3 is 0 Å². The van der Waals surface area contributed by atoms with Crippen molar-refractivity contribution in [2.24, 2.45) is 0 Å². The zero-order chi connectivity index (χ0) is 18.6. The standard InChI is InChI=1S/C18H24FN3O2S/c1-21(2)15-11-9-14(10-12-15)17(22(3)4)13-20-25(23,24)18-8-6-5-7-16(18)19/h5-12,17,20H,13H2,1-4H3/p+1/t17-/m0/s1. The van der Waals surface area contributed by atoms with Crippen LogP contribution in [0.2, 0.25) is 0 Å². The number of benzene rings is 2. The first kappa shape index (κ1) is 19.4. The third-order valence-electron chi connectivity index (χ3n) is 4.11. The Morgan fingerprint density at radius 3 is 2.20 bits per heavy atom. The number of sulfonamides is 1. The van der Waals surface area contributed by atoms with Gasteiger partial charge in [0, 0.05) is 25.3 Å². The molecule has 0 spiro atoms. The van der Waals surface area contributed by atoms with E-state index in [1.54, 1.807) is 0 Å². The van der Waals surface area contributed by atoms with Crippen LogP contribution < -0.4 is 14.5 Å². The molecule has 0 unspecified atom stereocenters. The molecule has 0 amide bonds. The van der Waals surface area contributed by atoms with Crippen molar-refractivity contribution >= 4 is 15.7 Å². The van der Waals surface area contributed by atoms with Gasteiger partial charge in [-0.2, -0.15) is 0 Å². The summed E-state index contributed by atoms with van der Waals surface area (Å²) >= 11 is 0. The van der Waals surface area contributed by atoms with Crippen LogP contribution in [0.25, 0.3) is 0 Å². The summed E-state index contributed by atoms with van der Waals surface area (Å²) in [5.41, 5.74) is 2.09. The average Bonchev–Trinajstić information content (AvgIpc) is 2.55. The number of likely N-dealkylation sites (N-methyl/N-ethyl adjacent to an activating group) is 1. The van der Waals surface area contributed by atoms with E-state index in [4.69, 9.17) is 0 Å². The summed E-state index contributed by atoms with van der Waals surface area (Å²) in [6, 6.07) is 13.3. The highest BCUT2D eigenvalue weighted by atomic mass is 32.2. The SMILES string of the molecule is CN(C)c1ccc([C@H](CNS(=O)(=O)c2ccccc2F)[NH+](C)C)cc1. The van der Waals surface area contributed by atoms with Crippen LogP contribution in [0.3, 0.4) is 0 Å². The topological polar surface area (TPSA) is 53.9 Å². The molecule has 1 atom stereocenters. The minimum absolute atomic E-state index is 0.0854. The molecule has 0 bridgehead atoms. The summed E-state index contributed by atoms with van der Waals surface area (Å²) < 4.78 is 41.1. The molecule has 0 radical (unpaired) electrons. The van der Waals surface area contributed by atoms with Crippen LogP contribution in [0.15, 0.2) is 53.4 Å². The zero-order valence-corrected chi connectivity index (χ0v) is 15.8. The molecule has 2 N–H and O–H groups in total. The van der Waals surface area contributed by atoms with Crippen LogP contribution >= 0.6 is 0 Å². The van der Waals surface area contributed by atoms with E-state index in [9.17, 15) is 12.8 Å². The summed E-state index contributed by atoms with van der Waals surface area (Å²) in [6.07, 6.45) is 0. The molecule has 25 heavy (non-hydrogen) atoms. The van der Waals surface area contributed by atoms with Gasteiger partial charge in [-0.3, -0.25) is 0 Å². The first-order valence-corrected chi connectivity index (χ1v) is 9.52. The van der Waals surface area contributed by atoms with Crippen LogP contribution in [0.5, 0.6) is 0 Å². The Kier molecular flexibility index (Phi) is 6.16. The quantitative estimate of drug-likeness (QED) is 0.770. The van der Waals surface area contributed by atoms with E-state index in [-0.39, 0.29) is 17.5 Å². The molecule has 0 aliphatic carbocycles. The smallest absolute Gasteiger partial charge is 0.243 e. The van der Waals surface area contributed by atoms with E-state index >= 15 is 0 Å². The number of quaternary nitrogens is 1. The highest BCUT2D eigenvalue weighted by Crippen LogP contribution is 2.17. The van der Waals surface area contributed by atoms with Gasteiger partial charge in [-0.25, -0.2) is 17.5 Å². The Morgan fingerprint density at radius 1 is 1.08 bits per heavy atom. The van der Waals surface area contributed by atoms with Crippen molar-refractivity contribution in [1.82, 2.24) is 4.72 Å². The molecule has 0 aliphatic heterocycles. The molecule has 0 saturated heterocycles. The summed E-state index contributed by atoms with van der Waals surface area (Å²) in [5.74, 6) is -0.751. The van der Waals surface area contributed by atoms with Crippen molar-refractivity contribution in [2.45, 2.75) is 10.9 Å². The van der Waals surface area contributed by atoms with Crippen molar-refractivity contribution in [1.29, 1.82) is 0 Å². The van der Waals surface area contributed by atoms with E-state index < -0.39 is 15.8 Å². The van der Waals surface area contributed by atoms with Crippen LogP contribution in [0, 0.1) is 5.82 Å². The minimum atomic E-state index is -3.90. The molecule has 2 rings (SSSR count). The fourth-order valence-corrected chi connectivity index (χ4v) is 3.72. The lowest BCUT2D eigenvalue weighted by Gasteiger charge is -2.23. The molecule has 5 nitrogen and oxygen atoms in total. The number of hydrogen-bond acceptors (Lipinski definition) is 3. The maximum atomic E-state index is 13.8. The fraction of sp³-hybridized carbons (Fsp3) is 0.333. The van der Waals surface area contributed by atoms with Crippen molar-refractivity contribution in [2.75, 3.05) is 39.6 Å². The molecule has 0 heterocycles. The summed E-state index contributed by atoms with van der Waals surface area (Å²) in [7, 11) is 3.95. The summed E-state index contributed by atoms with van der Waals surface area (Å²) in [4.78, 5) is 2.75. The lowest BCUT2D eigenvalue weighted by Crippen LogP contribution is -3.07. The highest BCUT2D eigenvalue weighted by Gasteiger charge is 2.24. The van der Waals surface area contributed by atoms with Gasteiger partial charge in [0.2, 0.25) is 10.0 Å². The number of nitrogens with one attached hydrogen (secondary N) is 2. The number of nitrogens with zero attached hydrogens (tertiary/aromatic N) is 1. The van der Waals surface area contributed by atoms with Crippen molar-refractivity contribution in [3.8, 4) is 0 Å². The molecular formula is C18H25FN3O2S+. The van der Waals surface area contributed by atoms with E-state index in [1.165, 1.54) is 18.2 Å². The Hall–Kier alpha value is -1.96. The van der Waals surface area contributed by atoms with Crippen molar-refractivity contribution < 1.29 is 17.7 Å². The fourth-order valence-electron chi connectivity index (χ4n) is 2.59. The lowest BCUT2D eigenvalue weighted by atomic mass is 10.1. The second-order valence-electron chi connectivity index (χ2n) is 6.40. The van der Waals surface area contributed by atoms with Crippen LogP contribution in [-0.4, -0.2) is 43.2 Å². The van der Waals surface area contributed by atoms with E-state index in [2.05, 4.69) is 4.72 Å². The molecule has 2 aromatic carbocycles. The van der Waals surface area contributed by atoms with Crippen LogP contribution in [0.4, 0.5) is 10.1 Å². The third kappa shape index (κ3) is 4.78.